The molecule has 0 saturated heterocycles. The van der Waals surface area contributed by atoms with Gasteiger partial charge in [0, 0.05) is 11.4 Å². The van der Waals surface area contributed by atoms with Crippen LogP contribution in [0.25, 0.3) is 0 Å². The lowest BCUT2D eigenvalue weighted by Gasteiger charge is -2.05. The molecule has 110 valence electrons. The van der Waals surface area contributed by atoms with Gasteiger partial charge in [0.15, 0.2) is 5.13 Å². The van der Waals surface area contributed by atoms with Gasteiger partial charge in [-0.2, -0.15) is 0 Å². The number of hydrogen-bond donors (Lipinski definition) is 2. The fourth-order valence-electron chi connectivity index (χ4n) is 1.52. The van der Waals surface area contributed by atoms with E-state index in [9.17, 15) is 9.18 Å². The average molecular weight is 309 g/mol. The Morgan fingerprint density at radius 2 is 2.29 bits per heavy atom. The number of benzene rings is 1. The van der Waals surface area contributed by atoms with E-state index in [-0.39, 0.29) is 10.7 Å². The van der Waals surface area contributed by atoms with Crippen molar-refractivity contribution in [2.45, 2.75) is 6.92 Å². The van der Waals surface area contributed by atoms with Gasteiger partial charge in [0.25, 0.3) is 5.91 Å². The van der Waals surface area contributed by atoms with Crippen LogP contribution in [0.2, 0.25) is 0 Å². The molecule has 0 bridgehead atoms. The van der Waals surface area contributed by atoms with Crippen LogP contribution in [0.4, 0.5) is 9.52 Å². The maximum absolute atomic E-state index is 13.8. The summed E-state index contributed by atoms with van der Waals surface area (Å²) in [4.78, 5) is 16.0. The van der Waals surface area contributed by atoms with E-state index in [4.69, 9.17) is 9.94 Å². The summed E-state index contributed by atoms with van der Waals surface area (Å²) < 4.78 is 18.6. The molecule has 1 amide bonds. The van der Waals surface area contributed by atoms with Crippen molar-refractivity contribution in [1.82, 2.24) is 4.98 Å². The first kappa shape index (κ1) is 14.9. The van der Waals surface area contributed by atoms with Gasteiger partial charge in [0.2, 0.25) is 0 Å². The highest BCUT2D eigenvalue weighted by molar-refractivity contribution is 7.14. The molecule has 2 aromatic rings. The van der Waals surface area contributed by atoms with E-state index < -0.39 is 11.7 Å². The van der Waals surface area contributed by atoms with E-state index >= 15 is 0 Å². The van der Waals surface area contributed by atoms with Gasteiger partial charge in [0.1, 0.15) is 23.0 Å². The summed E-state index contributed by atoms with van der Waals surface area (Å²) >= 11 is 1.15. The third kappa shape index (κ3) is 3.34. The number of amides is 1. The molecule has 2 rings (SSSR count). The van der Waals surface area contributed by atoms with Crippen molar-refractivity contribution >= 4 is 28.1 Å². The van der Waals surface area contributed by atoms with Crippen molar-refractivity contribution in [3.05, 3.63) is 40.7 Å². The summed E-state index contributed by atoms with van der Waals surface area (Å²) in [5.74, 6) is -0.971. The molecule has 0 saturated carbocycles. The van der Waals surface area contributed by atoms with Crippen LogP contribution in [0.3, 0.4) is 0 Å². The Labute approximate surface area is 123 Å². The van der Waals surface area contributed by atoms with Crippen LogP contribution in [-0.4, -0.2) is 28.9 Å². The molecule has 2 N–H and O–H groups in total. The summed E-state index contributed by atoms with van der Waals surface area (Å²) in [5, 5.41) is 16.1. The summed E-state index contributed by atoms with van der Waals surface area (Å²) in [7, 11) is 1.41. The highest BCUT2D eigenvalue weighted by atomic mass is 32.1. The summed E-state index contributed by atoms with van der Waals surface area (Å²) in [5.41, 5.74) is 0.649. The monoisotopic (exact) mass is 309 g/mol. The summed E-state index contributed by atoms with van der Waals surface area (Å²) in [6.07, 6.45) is 0. The van der Waals surface area contributed by atoms with Gasteiger partial charge >= 0.3 is 0 Å². The zero-order valence-corrected chi connectivity index (χ0v) is 12.1. The SMILES string of the molecule is COc1ccc(C(=O)Nc2nc(/C(C)=N/O)cs2)c(F)c1. The standard InChI is InChI=1S/C13H12FN3O3S/c1-7(17-19)11-6-21-13(15-11)16-12(18)9-4-3-8(20-2)5-10(9)14/h3-6,19H,1-2H3,(H,15,16,18)/b17-7+. The van der Waals surface area contributed by atoms with E-state index in [1.54, 1.807) is 12.3 Å². The van der Waals surface area contributed by atoms with Gasteiger partial charge in [-0.3, -0.25) is 10.1 Å². The number of rotatable bonds is 4. The quantitative estimate of drug-likeness (QED) is 0.517. The Balaban J connectivity index is 2.16. The van der Waals surface area contributed by atoms with Gasteiger partial charge in [-0.25, -0.2) is 9.37 Å². The van der Waals surface area contributed by atoms with Crippen molar-refractivity contribution < 1.29 is 19.1 Å². The van der Waals surface area contributed by atoms with Crippen molar-refractivity contribution in [1.29, 1.82) is 0 Å². The first-order chi connectivity index (χ1) is 10.0. The second kappa shape index (κ2) is 6.31. The van der Waals surface area contributed by atoms with Crippen LogP contribution < -0.4 is 10.1 Å². The number of nitrogens with one attached hydrogen (secondary N) is 1. The topological polar surface area (TPSA) is 83.8 Å². The summed E-state index contributed by atoms with van der Waals surface area (Å²) in [6.45, 7) is 1.57. The molecule has 8 heteroatoms. The van der Waals surface area contributed by atoms with E-state index in [1.165, 1.54) is 19.2 Å². The number of hydrogen-bond acceptors (Lipinski definition) is 6. The van der Waals surface area contributed by atoms with Gasteiger partial charge in [-0.1, -0.05) is 5.16 Å². The number of halogens is 1. The normalized spacial score (nSPS) is 11.3. The average Bonchev–Trinajstić information content (AvgIpc) is 2.94. The number of thiazole rings is 1. The van der Waals surface area contributed by atoms with Crippen molar-refractivity contribution in [3.8, 4) is 5.75 Å². The van der Waals surface area contributed by atoms with Crippen LogP contribution in [0.15, 0.2) is 28.7 Å². The summed E-state index contributed by atoms with van der Waals surface area (Å²) in [6, 6.07) is 3.96. The minimum absolute atomic E-state index is 0.111. The van der Waals surface area contributed by atoms with E-state index in [1.807, 2.05) is 0 Å². The lowest BCUT2D eigenvalue weighted by molar-refractivity contribution is 0.102. The Morgan fingerprint density at radius 1 is 1.52 bits per heavy atom. The molecule has 0 aliphatic rings. The maximum Gasteiger partial charge on any atom is 0.260 e. The number of oxime groups is 1. The zero-order chi connectivity index (χ0) is 15.4. The second-order valence-electron chi connectivity index (χ2n) is 4.02. The minimum Gasteiger partial charge on any atom is -0.497 e. The van der Waals surface area contributed by atoms with Crippen LogP contribution in [0, 0.1) is 5.82 Å². The molecular formula is C13H12FN3O3S. The molecule has 0 unspecified atom stereocenters. The number of ether oxygens (including phenoxy) is 1. The molecule has 1 aromatic heterocycles. The van der Waals surface area contributed by atoms with Crippen LogP contribution >= 0.6 is 11.3 Å². The van der Waals surface area contributed by atoms with Crippen LogP contribution in [0.1, 0.15) is 23.0 Å². The molecule has 6 nitrogen and oxygen atoms in total. The first-order valence-electron chi connectivity index (χ1n) is 5.84. The highest BCUT2D eigenvalue weighted by Crippen LogP contribution is 2.20. The number of anilines is 1. The molecular weight excluding hydrogens is 297 g/mol. The molecule has 0 spiro atoms. The number of carbonyl (C=O) groups excluding carboxylic acids is 1. The fraction of sp³-hybridized carbons (Fsp3) is 0.154. The lowest BCUT2D eigenvalue weighted by atomic mass is 10.2. The van der Waals surface area contributed by atoms with E-state index in [2.05, 4.69) is 15.5 Å². The Morgan fingerprint density at radius 3 is 2.90 bits per heavy atom. The first-order valence-corrected chi connectivity index (χ1v) is 6.72. The van der Waals surface area contributed by atoms with Crippen molar-refractivity contribution in [3.63, 3.8) is 0 Å². The predicted molar refractivity (Wildman–Crippen MR) is 77.0 cm³/mol. The van der Waals surface area contributed by atoms with E-state index in [0.717, 1.165) is 17.4 Å². The Bertz CT molecular complexity index is 700. The van der Waals surface area contributed by atoms with Gasteiger partial charge in [-0.05, 0) is 19.1 Å². The van der Waals surface area contributed by atoms with Gasteiger partial charge in [-0.15, -0.1) is 11.3 Å². The van der Waals surface area contributed by atoms with Crippen LogP contribution in [-0.2, 0) is 0 Å². The zero-order valence-electron chi connectivity index (χ0n) is 11.3. The molecule has 0 radical (unpaired) electrons. The number of carbonyl (C=O) groups is 1. The molecule has 0 aliphatic heterocycles. The van der Waals surface area contributed by atoms with Crippen molar-refractivity contribution in [2.24, 2.45) is 5.16 Å². The third-order valence-corrected chi connectivity index (χ3v) is 3.42. The lowest BCUT2D eigenvalue weighted by Crippen LogP contribution is -2.13. The Kier molecular flexibility index (Phi) is 4.49. The predicted octanol–water partition coefficient (Wildman–Crippen LogP) is 2.74. The number of methoxy groups -OCH3 is 1. The largest absolute Gasteiger partial charge is 0.497 e. The van der Waals surface area contributed by atoms with Crippen molar-refractivity contribution in [2.75, 3.05) is 12.4 Å². The molecule has 21 heavy (non-hydrogen) atoms. The molecule has 0 aliphatic carbocycles. The third-order valence-electron chi connectivity index (χ3n) is 2.67. The maximum atomic E-state index is 13.8. The number of nitrogens with zero attached hydrogens (tertiary/aromatic N) is 2. The Hall–Kier alpha value is -2.48. The van der Waals surface area contributed by atoms with Gasteiger partial charge in [0.05, 0.1) is 12.7 Å². The highest BCUT2D eigenvalue weighted by Gasteiger charge is 2.15. The fourth-order valence-corrected chi connectivity index (χ4v) is 2.27. The molecule has 1 heterocycles. The van der Waals surface area contributed by atoms with Gasteiger partial charge < -0.3 is 9.94 Å². The second-order valence-corrected chi connectivity index (χ2v) is 4.88. The van der Waals surface area contributed by atoms with Crippen LogP contribution in [0.5, 0.6) is 5.75 Å². The number of aromatic nitrogens is 1. The molecule has 0 atom stereocenters. The molecule has 1 aromatic carbocycles. The van der Waals surface area contributed by atoms with E-state index in [0.29, 0.717) is 17.2 Å². The minimum atomic E-state index is -0.684. The molecule has 0 fully saturated rings. The smallest absolute Gasteiger partial charge is 0.260 e.